The van der Waals surface area contributed by atoms with Crippen LogP contribution in [0, 0.1) is 11.6 Å². The van der Waals surface area contributed by atoms with Crippen LogP contribution in [0.3, 0.4) is 0 Å². The molecule has 1 fully saturated rings. The molecule has 146 valence electrons. The fourth-order valence-corrected chi connectivity index (χ4v) is 4.44. The van der Waals surface area contributed by atoms with Crippen molar-refractivity contribution in [3.05, 3.63) is 59.2 Å². The number of aromatic nitrogens is 1. The molecule has 4 rings (SSSR count). The van der Waals surface area contributed by atoms with Crippen LogP contribution >= 0.6 is 11.3 Å². The van der Waals surface area contributed by atoms with Crippen LogP contribution in [0.15, 0.2) is 36.4 Å². The molecule has 1 amide bonds. The zero-order valence-electron chi connectivity index (χ0n) is 15.5. The number of para-hydroxylation sites is 1. The van der Waals surface area contributed by atoms with Gasteiger partial charge in [-0.25, -0.2) is 13.8 Å². The molecule has 1 atom stereocenters. The number of carbonyl (C=O) groups is 1. The third kappa shape index (κ3) is 3.64. The van der Waals surface area contributed by atoms with E-state index in [2.05, 4.69) is 6.92 Å². The van der Waals surface area contributed by atoms with Gasteiger partial charge in [0.2, 0.25) is 0 Å². The highest BCUT2D eigenvalue weighted by Crippen LogP contribution is 2.33. The van der Waals surface area contributed by atoms with E-state index >= 15 is 0 Å². The number of carbonyl (C=O) groups excluding carboxylic acids is 1. The fourth-order valence-electron chi connectivity index (χ4n) is 3.42. The van der Waals surface area contributed by atoms with Crippen molar-refractivity contribution in [2.75, 3.05) is 18.1 Å². The molecule has 1 aliphatic heterocycles. The average Bonchev–Trinajstić information content (AvgIpc) is 3.36. The molecule has 0 aliphatic carbocycles. The van der Waals surface area contributed by atoms with Crippen molar-refractivity contribution in [3.63, 3.8) is 0 Å². The van der Waals surface area contributed by atoms with E-state index in [0.717, 1.165) is 47.2 Å². The highest BCUT2D eigenvalue weighted by molar-refractivity contribution is 7.22. The Hall–Kier alpha value is -2.38. The number of halogens is 2. The van der Waals surface area contributed by atoms with Gasteiger partial charge in [0.25, 0.3) is 5.91 Å². The molecule has 0 bridgehead atoms. The maximum atomic E-state index is 13.7. The predicted molar refractivity (Wildman–Crippen MR) is 106 cm³/mol. The first-order chi connectivity index (χ1) is 13.6. The maximum absolute atomic E-state index is 13.7. The molecule has 2 aromatic carbocycles. The summed E-state index contributed by atoms with van der Waals surface area (Å²) in [5, 5.41) is 0.543. The minimum absolute atomic E-state index is 0.0897. The van der Waals surface area contributed by atoms with Crippen LogP contribution in [0.25, 0.3) is 10.2 Å². The Balaban J connectivity index is 1.74. The van der Waals surface area contributed by atoms with Gasteiger partial charge in [-0.05, 0) is 49.1 Å². The second-order valence-electron chi connectivity index (χ2n) is 6.79. The molecule has 3 aromatic rings. The van der Waals surface area contributed by atoms with E-state index in [9.17, 15) is 13.6 Å². The number of rotatable bonds is 5. The third-order valence-corrected chi connectivity index (χ3v) is 5.97. The van der Waals surface area contributed by atoms with Gasteiger partial charge < -0.3 is 4.74 Å². The molecule has 1 unspecified atom stereocenters. The molecular weight excluding hydrogens is 382 g/mol. The maximum Gasteiger partial charge on any atom is 0.260 e. The molecular formula is C21H20F2N2O2S. The lowest BCUT2D eigenvalue weighted by atomic mass is 10.1. The van der Waals surface area contributed by atoms with Crippen molar-refractivity contribution < 1.29 is 18.3 Å². The first-order valence-electron chi connectivity index (χ1n) is 9.33. The molecule has 0 spiro atoms. The predicted octanol–water partition coefficient (Wildman–Crippen LogP) is 4.96. The smallest absolute Gasteiger partial charge is 0.260 e. The summed E-state index contributed by atoms with van der Waals surface area (Å²) >= 11 is 1.42. The second kappa shape index (κ2) is 7.93. The Bertz CT molecular complexity index is 1010. The molecule has 1 aliphatic rings. The number of thiazole rings is 1. The number of hydrogen-bond acceptors (Lipinski definition) is 4. The van der Waals surface area contributed by atoms with Gasteiger partial charge in [-0.15, -0.1) is 0 Å². The summed E-state index contributed by atoms with van der Waals surface area (Å²) in [5.41, 5.74) is 2.07. The Morgan fingerprint density at radius 3 is 2.86 bits per heavy atom. The van der Waals surface area contributed by atoms with E-state index in [1.807, 2.05) is 18.2 Å². The number of amides is 1. The average molecular weight is 402 g/mol. The monoisotopic (exact) mass is 402 g/mol. The minimum atomic E-state index is -1.04. The zero-order valence-corrected chi connectivity index (χ0v) is 16.3. The molecule has 1 saturated heterocycles. The summed E-state index contributed by atoms with van der Waals surface area (Å²) in [4.78, 5) is 19.4. The number of nitrogens with zero attached hydrogens (tertiary/aromatic N) is 2. The first kappa shape index (κ1) is 19.0. The fraction of sp³-hybridized carbons (Fsp3) is 0.333. The van der Waals surface area contributed by atoms with Crippen molar-refractivity contribution in [1.82, 2.24) is 4.98 Å². The van der Waals surface area contributed by atoms with Crippen LogP contribution < -0.4 is 4.90 Å². The molecule has 28 heavy (non-hydrogen) atoms. The number of ether oxygens (including phenoxy) is 1. The van der Waals surface area contributed by atoms with Gasteiger partial charge in [-0.1, -0.05) is 30.4 Å². The summed E-state index contributed by atoms with van der Waals surface area (Å²) in [5.74, 6) is -2.43. The molecule has 4 nitrogen and oxygen atoms in total. The zero-order chi connectivity index (χ0) is 19.7. The van der Waals surface area contributed by atoms with Crippen molar-refractivity contribution in [3.8, 4) is 0 Å². The van der Waals surface area contributed by atoms with E-state index in [4.69, 9.17) is 9.72 Å². The minimum Gasteiger partial charge on any atom is -0.376 e. The number of anilines is 1. The molecule has 0 radical (unpaired) electrons. The van der Waals surface area contributed by atoms with Crippen LogP contribution in [-0.4, -0.2) is 30.1 Å². The van der Waals surface area contributed by atoms with E-state index in [-0.39, 0.29) is 11.7 Å². The van der Waals surface area contributed by atoms with Crippen LogP contribution in [0.2, 0.25) is 0 Å². The van der Waals surface area contributed by atoms with Crippen LogP contribution in [0.4, 0.5) is 13.9 Å². The summed E-state index contributed by atoms with van der Waals surface area (Å²) in [6, 6.07) is 9.18. The largest absolute Gasteiger partial charge is 0.376 e. The number of benzene rings is 2. The number of aryl methyl sites for hydroxylation is 1. The van der Waals surface area contributed by atoms with Gasteiger partial charge >= 0.3 is 0 Å². The summed E-state index contributed by atoms with van der Waals surface area (Å²) < 4.78 is 33.7. The quantitative estimate of drug-likeness (QED) is 0.606. The SMILES string of the molecule is CCc1cccc2sc(N(CC3CCCO3)C(=O)c3ccc(F)c(F)c3)nc12. The molecule has 1 aromatic heterocycles. The summed E-state index contributed by atoms with van der Waals surface area (Å²) in [6.45, 7) is 3.06. The van der Waals surface area contributed by atoms with Gasteiger partial charge in [0.05, 0.1) is 22.9 Å². The second-order valence-corrected chi connectivity index (χ2v) is 7.80. The molecule has 0 saturated carbocycles. The van der Waals surface area contributed by atoms with Crippen LogP contribution in [-0.2, 0) is 11.2 Å². The van der Waals surface area contributed by atoms with Gasteiger partial charge in [-0.2, -0.15) is 0 Å². The Morgan fingerprint density at radius 1 is 1.29 bits per heavy atom. The molecule has 2 heterocycles. The standard InChI is InChI=1S/C21H20F2N2O2S/c1-2-13-5-3-7-18-19(13)24-21(28-18)25(12-15-6-4-10-27-15)20(26)14-8-9-16(22)17(23)11-14/h3,5,7-9,11,15H,2,4,6,10,12H2,1H3. The van der Waals surface area contributed by atoms with E-state index in [1.54, 1.807) is 0 Å². The van der Waals surface area contributed by atoms with Gasteiger partial charge in [0, 0.05) is 12.2 Å². The van der Waals surface area contributed by atoms with Gasteiger partial charge in [0.1, 0.15) is 0 Å². The lowest BCUT2D eigenvalue weighted by Crippen LogP contribution is -2.37. The van der Waals surface area contributed by atoms with Crippen molar-refractivity contribution in [2.45, 2.75) is 32.3 Å². The van der Waals surface area contributed by atoms with Gasteiger partial charge in [-0.3, -0.25) is 9.69 Å². The Kier molecular flexibility index (Phi) is 5.37. The highest BCUT2D eigenvalue weighted by atomic mass is 32.1. The molecule has 0 N–H and O–H groups in total. The van der Waals surface area contributed by atoms with Crippen molar-refractivity contribution >= 4 is 32.6 Å². The lowest BCUT2D eigenvalue weighted by molar-refractivity contribution is 0.0917. The van der Waals surface area contributed by atoms with E-state index < -0.39 is 17.5 Å². The lowest BCUT2D eigenvalue weighted by Gasteiger charge is -2.23. The van der Waals surface area contributed by atoms with Gasteiger partial charge in [0.15, 0.2) is 16.8 Å². The van der Waals surface area contributed by atoms with E-state index in [1.165, 1.54) is 22.3 Å². The van der Waals surface area contributed by atoms with Crippen molar-refractivity contribution in [2.24, 2.45) is 0 Å². The van der Waals surface area contributed by atoms with Crippen LogP contribution in [0.5, 0.6) is 0 Å². The first-order valence-corrected chi connectivity index (χ1v) is 10.2. The van der Waals surface area contributed by atoms with E-state index in [0.29, 0.717) is 18.3 Å². The summed E-state index contributed by atoms with van der Waals surface area (Å²) in [7, 11) is 0. The van der Waals surface area contributed by atoms with Crippen LogP contribution in [0.1, 0.15) is 35.7 Å². The highest BCUT2D eigenvalue weighted by Gasteiger charge is 2.27. The normalized spacial score (nSPS) is 16.6. The molecule has 7 heteroatoms. The topological polar surface area (TPSA) is 42.4 Å². The number of hydrogen-bond donors (Lipinski definition) is 0. The third-order valence-electron chi connectivity index (χ3n) is 4.92. The van der Waals surface area contributed by atoms with Crippen molar-refractivity contribution in [1.29, 1.82) is 0 Å². The number of fused-ring (bicyclic) bond motifs is 1. The summed E-state index contributed by atoms with van der Waals surface area (Å²) in [6.07, 6.45) is 2.54. The Labute approximate surface area is 165 Å². The Morgan fingerprint density at radius 2 is 2.14 bits per heavy atom.